The van der Waals surface area contributed by atoms with Crippen LogP contribution in [0.5, 0.6) is 0 Å². The number of benzene rings is 1. The van der Waals surface area contributed by atoms with Crippen molar-refractivity contribution < 1.29 is 14.6 Å². The predicted octanol–water partition coefficient (Wildman–Crippen LogP) is 4.74. The molecule has 218 valence electrons. The monoisotopic (exact) mass is 567 g/mol. The average Bonchev–Trinajstić information content (AvgIpc) is 3.79. The predicted molar refractivity (Wildman–Crippen MR) is 162 cm³/mol. The minimum atomic E-state index is -0.504. The minimum absolute atomic E-state index is 0.236. The number of methoxy groups -OCH3 is 1. The van der Waals surface area contributed by atoms with E-state index in [4.69, 9.17) is 9.72 Å². The normalized spacial score (nSPS) is 18.5. The zero-order valence-corrected chi connectivity index (χ0v) is 24.0. The van der Waals surface area contributed by atoms with Gasteiger partial charge in [-0.25, -0.2) is 9.97 Å². The second-order valence-electron chi connectivity index (χ2n) is 11.1. The van der Waals surface area contributed by atoms with Crippen LogP contribution in [0.2, 0.25) is 0 Å². The third-order valence-electron chi connectivity index (χ3n) is 8.27. The Balaban J connectivity index is 0.000000397. The molecule has 4 aromatic heterocycles. The number of aliphatic hydroxyl groups excluding tert-OH is 1. The Morgan fingerprint density at radius 3 is 2.64 bits per heavy atom. The van der Waals surface area contributed by atoms with Gasteiger partial charge in [-0.05, 0) is 43.4 Å². The van der Waals surface area contributed by atoms with E-state index in [1.165, 1.54) is 25.7 Å². The molecule has 0 radical (unpaired) electrons. The molecular formula is C32H37N7O3. The highest BCUT2D eigenvalue weighted by molar-refractivity contribution is 6.01. The zero-order chi connectivity index (χ0) is 29.1. The van der Waals surface area contributed by atoms with Crippen LogP contribution in [0.3, 0.4) is 0 Å². The number of H-pyrrole nitrogens is 1. The number of hydrogen-bond donors (Lipinski definition) is 3. The topological polar surface area (TPSA) is 121 Å². The number of anilines is 1. The second kappa shape index (κ2) is 12.3. The molecule has 2 aliphatic carbocycles. The third kappa shape index (κ3) is 5.73. The summed E-state index contributed by atoms with van der Waals surface area (Å²) < 4.78 is 6.81. The van der Waals surface area contributed by atoms with Crippen molar-refractivity contribution >= 4 is 28.4 Å². The number of aliphatic hydroxyl groups is 1. The molecule has 2 unspecified atom stereocenters. The fraction of sp³-hybridized carbons (Fsp3) is 0.375. The van der Waals surface area contributed by atoms with Crippen molar-refractivity contribution in [3.8, 4) is 11.3 Å². The van der Waals surface area contributed by atoms with Crippen LogP contribution in [0.15, 0.2) is 67.1 Å². The molecular weight excluding hydrogens is 530 g/mol. The molecule has 2 atom stereocenters. The summed E-state index contributed by atoms with van der Waals surface area (Å²) in [4.78, 5) is 27.7. The molecule has 10 heteroatoms. The van der Waals surface area contributed by atoms with Crippen LogP contribution >= 0.6 is 0 Å². The van der Waals surface area contributed by atoms with E-state index < -0.39 is 6.10 Å². The summed E-state index contributed by atoms with van der Waals surface area (Å²) in [6, 6.07) is 15.8. The second-order valence-corrected chi connectivity index (χ2v) is 11.1. The Labute approximate surface area is 244 Å². The Hall–Kier alpha value is -4.28. The van der Waals surface area contributed by atoms with Gasteiger partial charge in [-0.15, -0.1) is 0 Å². The molecule has 2 fully saturated rings. The maximum atomic E-state index is 13.1. The Bertz CT molecular complexity index is 1660. The molecule has 0 spiro atoms. The van der Waals surface area contributed by atoms with Crippen LogP contribution in [-0.4, -0.2) is 68.0 Å². The number of aromatic amines is 1. The van der Waals surface area contributed by atoms with Crippen LogP contribution in [0.4, 0.5) is 5.82 Å². The first-order chi connectivity index (χ1) is 20.5. The number of carbonyl (C=O) groups is 1. The van der Waals surface area contributed by atoms with Crippen LogP contribution < -0.4 is 10.2 Å². The van der Waals surface area contributed by atoms with Crippen molar-refractivity contribution in [2.75, 3.05) is 19.1 Å². The van der Waals surface area contributed by atoms with Gasteiger partial charge in [0, 0.05) is 50.1 Å². The molecule has 2 aliphatic rings. The number of carbonyl (C=O) groups excluding carboxylic acids is 1. The number of ether oxygens (including phenoxy) is 1. The molecule has 2 saturated carbocycles. The molecule has 4 heterocycles. The fourth-order valence-corrected chi connectivity index (χ4v) is 5.64. The summed E-state index contributed by atoms with van der Waals surface area (Å²) in [5.41, 5.74) is 4.37. The van der Waals surface area contributed by atoms with Gasteiger partial charge in [0.1, 0.15) is 17.0 Å². The number of amides is 1. The largest absolute Gasteiger partial charge is 0.391 e. The molecule has 5 aromatic rings. The Morgan fingerprint density at radius 1 is 1.14 bits per heavy atom. The quantitative estimate of drug-likeness (QED) is 0.260. The van der Waals surface area contributed by atoms with E-state index in [0.717, 1.165) is 34.4 Å². The first-order valence-corrected chi connectivity index (χ1v) is 14.6. The van der Waals surface area contributed by atoms with Gasteiger partial charge in [0.05, 0.1) is 30.1 Å². The molecule has 1 amide bonds. The first kappa shape index (κ1) is 27.9. The van der Waals surface area contributed by atoms with E-state index in [1.54, 1.807) is 24.0 Å². The highest BCUT2D eigenvalue weighted by Crippen LogP contribution is 2.31. The van der Waals surface area contributed by atoms with Gasteiger partial charge in [-0.1, -0.05) is 43.2 Å². The van der Waals surface area contributed by atoms with E-state index in [0.29, 0.717) is 36.0 Å². The summed E-state index contributed by atoms with van der Waals surface area (Å²) in [6.45, 7) is 0.657. The summed E-state index contributed by atoms with van der Waals surface area (Å²) in [5, 5.41) is 18.3. The van der Waals surface area contributed by atoms with Crippen LogP contribution in [0.1, 0.15) is 54.4 Å². The standard InChI is InChI=1S/C26H25N7O2.C6H12O/c1-32(15-16-6-3-2-4-7-16)23-12-21(18-13-28-24-17(18)8-5-11-27-24)30-25-19(14-29-33(23)25)26(35)31-20-9-10-22(20)34;1-7-6-4-2-3-5-6/h2-8,11-14,20,22,34H,9-10,15H2,1H3,(H,27,28)(H,31,35);6H,2-5H2,1H3. The summed E-state index contributed by atoms with van der Waals surface area (Å²) >= 11 is 0. The highest BCUT2D eigenvalue weighted by atomic mass is 16.5. The third-order valence-corrected chi connectivity index (χ3v) is 8.27. The van der Waals surface area contributed by atoms with E-state index in [1.807, 2.05) is 49.6 Å². The molecule has 10 nitrogen and oxygen atoms in total. The van der Waals surface area contributed by atoms with Gasteiger partial charge in [-0.2, -0.15) is 9.61 Å². The van der Waals surface area contributed by atoms with Gasteiger partial charge in [0.25, 0.3) is 5.91 Å². The molecule has 0 bridgehead atoms. The van der Waals surface area contributed by atoms with Crippen molar-refractivity contribution in [3.63, 3.8) is 0 Å². The van der Waals surface area contributed by atoms with Crippen molar-refractivity contribution in [1.82, 2.24) is 29.9 Å². The molecule has 42 heavy (non-hydrogen) atoms. The SMILES string of the molecule is CN(Cc1ccccc1)c1cc(-c2c[nH]c3ncccc23)nc2c(C(=O)NC3CCC3O)cnn12.COC1CCCC1. The summed E-state index contributed by atoms with van der Waals surface area (Å²) in [6.07, 6.45) is 12.1. The van der Waals surface area contributed by atoms with Crippen LogP contribution in [0, 0.1) is 0 Å². The molecule has 7 rings (SSSR count). The molecule has 3 N–H and O–H groups in total. The van der Waals surface area contributed by atoms with Crippen molar-refractivity contribution in [2.24, 2.45) is 0 Å². The van der Waals surface area contributed by atoms with Crippen molar-refractivity contribution in [1.29, 1.82) is 0 Å². The number of rotatable bonds is 7. The lowest BCUT2D eigenvalue weighted by atomic mass is 9.89. The maximum Gasteiger partial charge on any atom is 0.257 e. The molecule has 1 aromatic carbocycles. The number of pyridine rings is 1. The molecule has 0 saturated heterocycles. The van der Waals surface area contributed by atoms with Gasteiger partial charge < -0.3 is 25.0 Å². The van der Waals surface area contributed by atoms with Crippen molar-refractivity contribution in [2.45, 2.75) is 63.3 Å². The summed E-state index contributed by atoms with van der Waals surface area (Å²) in [7, 11) is 3.80. The van der Waals surface area contributed by atoms with Crippen LogP contribution in [0.25, 0.3) is 27.9 Å². The van der Waals surface area contributed by atoms with E-state index in [-0.39, 0.29) is 11.9 Å². The average molecular weight is 568 g/mol. The number of aromatic nitrogens is 5. The fourth-order valence-electron chi connectivity index (χ4n) is 5.64. The lowest BCUT2D eigenvalue weighted by Crippen LogP contribution is -2.50. The van der Waals surface area contributed by atoms with Crippen LogP contribution in [-0.2, 0) is 11.3 Å². The molecule has 0 aliphatic heterocycles. The van der Waals surface area contributed by atoms with Crippen molar-refractivity contribution in [3.05, 3.63) is 78.2 Å². The highest BCUT2D eigenvalue weighted by Gasteiger charge is 2.31. The van der Waals surface area contributed by atoms with Gasteiger partial charge in [-0.3, -0.25) is 4.79 Å². The minimum Gasteiger partial charge on any atom is -0.391 e. The number of nitrogens with zero attached hydrogens (tertiary/aromatic N) is 5. The van der Waals surface area contributed by atoms with Gasteiger partial charge in [0.2, 0.25) is 0 Å². The summed E-state index contributed by atoms with van der Waals surface area (Å²) in [5.74, 6) is 0.514. The lowest BCUT2D eigenvalue weighted by molar-refractivity contribution is 0.0448. The van der Waals surface area contributed by atoms with E-state index in [9.17, 15) is 9.90 Å². The number of fused-ring (bicyclic) bond motifs is 2. The smallest absolute Gasteiger partial charge is 0.257 e. The Morgan fingerprint density at radius 2 is 1.95 bits per heavy atom. The first-order valence-electron chi connectivity index (χ1n) is 14.6. The van der Waals surface area contributed by atoms with E-state index in [2.05, 4.69) is 37.4 Å². The Kier molecular flexibility index (Phi) is 8.16. The van der Waals surface area contributed by atoms with E-state index >= 15 is 0 Å². The van der Waals surface area contributed by atoms with Gasteiger partial charge in [0.15, 0.2) is 5.65 Å². The zero-order valence-electron chi connectivity index (χ0n) is 24.0. The van der Waals surface area contributed by atoms with Gasteiger partial charge >= 0.3 is 0 Å². The maximum absolute atomic E-state index is 13.1. The number of hydrogen-bond acceptors (Lipinski definition) is 7. The lowest BCUT2D eigenvalue weighted by Gasteiger charge is -2.32. The number of nitrogens with one attached hydrogen (secondary N) is 2.